The number of aromatic nitrogens is 1. The van der Waals surface area contributed by atoms with E-state index in [1.165, 1.54) is 11.1 Å². The van der Waals surface area contributed by atoms with Gasteiger partial charge < -0.3 is 15.8 Å². The average molecular weight is 550 g/mol. The van der Waals surface area contributed by atoms with E-state index in [1.807, 2.05) is 23.9 Å². The van der Waals surface area contributed by atoms with Crippen LogP contribution in [0, 0.1) is 5.82 Å². The third-order valence-corrected chi connectivity index (χ3v) is 8.09. The first-order valence-electron chi connectivity index (χ1n) is 13.5. The lowest BCUT2D eigenvalue weighted by Crippen LogP contribution is -2.53. The lowest BCUT2D eigenvalue weighted by Gasteiger charge is -2.36. The summed E-state index contributed by atoms with van der Waals surface area (Å²) in [4.78, 5) is 20.8. The van der Waals surface area contributed by atoms with Crippen molar-refractivity contribution in [2.45, 2.75) is 39.0 Å². The summed E-state index contributed by atoms with van der Waals surface area (Å²) in [6.07, 6.45) is 1.01. The Kier molecular flexibility index (Phi) is 8.82. The molecule has 7 nitrogen and oxygen atoms in total. The van der Waals surface area contributed by atoms with E-state index in [4.69, 9.17) is 10.5 Å². The Balaban J connectivity index is 1.43. The summed E-state index contributed by atoms with van der Waals surface area (Å²) in [6.45, 7) is 10.5. The van der Waals surface area contributed by atoms with Gasteiger partial charge in [0.2, 0.25) is 5.88 Å². The Labute approximate surface area is 233 Å². The number of piperazine rings is 1. The zero-order valence-corrected chi connectivity index (χ0v) is 23.3. The predicted molar refractivity (Wildman–Crippen MR) is 155 cm³/mol. The minimum absolute atomic E-state index is 0.0121. The molecule has 206 valence electrons. The first kappa shape index (κ1) is 27.6. The molecule has 3 heterocycles. The fraction of sp³-hybridized carbons (Fsp3) is 0.400. The normalized spacial score (nSPS) is 20.6. The number of ether oxygens (including phenoxy) is 1. The molecule has 2 saturated heterocycles. The Morgan fingerprint density at radius 3 is 2.59 bits per heavy atom. The molecule has 2 fully saturated rings. The van der Waals surface area contributed by atoms with Crippen LogP contribution >= 0.6 is 11.8 Å². The molecule has 3 aromatic rings. The number of carbonyl (C=O) groups excluding carboxylic acids is 1. The van der Waals surface area contributed by atoms with Gasteiger partial charge in [0.15, 0.2) is 0 Å². The van der Waals surface area contributed by atoms with Crippen LogP contribution in [0.1, 0.15) is 35.3 Å². The van der Waals surface area contributed by atoms with Crippen molar-refractivity contribution >= 4 is 17.7 Å². The summed E-state index contributed by atoms with van der Waals surface area (Å²) in [5.41, 5.74) is 10.1. The van der Waals surface area contributed by atoms with Crippen molar-refractivity contribution in [2.75, 3.05) is 37.7 Å². The molecule has 2 aromatic carbocycles. The smallest absolute Gasteiger partial charge is 0.254 e. The number of nitrogens with zero attached hydrogens (tertiary/aromatic N) is 3. The lowest BCUT2D eigenvalue weighted by molar-refractivity contribution is 0.0997. The first-order valence-corrected chi connectivity index (χ1v) is 14.6. The number of nitrogens with two attached hydrogens (primary N) is 1. The number of pyridine rings is 1. The number of carbonyl (C=O) groups is 1. The van der Waals surface area contributed by atoms with Crippen molar-refractivity contribution in [3.05, 3.63) is 77.2 Å². The van der Waals surface area contributed by atoms with Gasteiger partial charge in [0.25, 0.3) is 5.91 Å². The fourth-order valence-corrected chi connectivity index (χ4v) is 6.49. The van der Waals surface area contributed by atoms with Crippen LogP contribution in [0.4, 0.5) is 4.39 Å². The summed E-state index contributed by atoms with van der Waals surface area (Å²) in [5, 5.41) is 3.62. The van der Waals surface area contributed by atoms with E-state index in [-0.39, 0.29) is 11.4 Å². The van der Waals surface area contributed by atoms with Crippen molar-refractivity contribution in [1.82, 2.24) is 20.1 Å². The highest BCUT2D eigenvalue weighted by atomic mass is 32.2. The number of thioether (sulfide) groups is 1. The van der Waals surface area contributed by atoms with Crippen LogP contribution in [-0.4, -0.2) is 70.5 Å². The number of benzene rings is 2. The monoisotopic (exact) mass is 549 g/mol. The number of halogens is 1. The lowest BCUT2D eigenvalue weighted by atomic mass is 9.96. The maximum absolute atomic E-state index is 13.7. The molecule has 5 rings (SSSR count). The molecule has 39 heavy (non-hydrogen) atoms. The highest BCUT2D eigenvalue weighted by molar-refractivity contribution is 7.99. The van der Waals surface area contributed by atoms with E-state index >= 15 is 0 Å². The molecule has 0 saturated carbocycles. The Bertz CT molecular complexity index is 1310. The Hall–Kier alpha value is -2.98. The zero-order chi connectivity index (χ0) is 27.4. The number of hydrogen-bond donors (Lipinski definition) is 2. The molecule has 0 unspecified atom stereocenters. The van der Waals surface area contributed by atoms with Gasteiger partial charge in [-0.25, -0.2) is 9.37 Å². The van der Waals surface area contributed by atoms with Gasteiger partial charge in [-0.1, -0.05) is 30.3 Å². The van der Waals surface area contributed by atoms with Gasteiger partial charge in [0.05, 0.1) is 6.20 Å². The number of hydrogen-bond acceptors (Lipinski definition) is 7. The van der Waals surface area contributed by atoms with Crippen LogP contribution in [0.2, 0.25) is 0 Å². The molecule has 2 aliphatic rings. The fourth-order valence-electron chi connectivity index (χ4n) is 5.51. The second-order valence-corrected chi connectivity index (χ2v) is 11.8. The van der Waals surface area contributed by atoms with Crippen molar-refractivity contribution in [1.29, 1.82) is 0 Å². The Morgan fingerprint density at radius 2 is 1.85 bits per heavy atom. The summed E-state index contributed by atoms with van der Waals surface area (Å²) in [5.74, 6) is 1.36. The summed E-state index contributed by atoms with van der Waals surface area (Å²) in [6, 6.07) is 16.5. The van der Waals surface area contributed by atoms with Crippen LogP contribution in [-0.2, 0) is 13.1 Å². The minimum atomic E-state index is -0.793. The van der Waals surface area contributed by atoms with E-state index in [9.17, 15) is 9.18 Å². The van der Waals surface area contributed by atoms with E-state index in [2.05, 4.69) is 58.2 Å². The van der Waals surface area contributed by atoms with Gasteiger partial charge >= 0.3 is 0 Å². The number of rotatable bonds is 8. The van der Waals surface area contributed by atoms with Crippen molar-refractivity contribution in [3.63, 3.8) is 0 Å². The summed E-state index contributed by atoms with van der Waals surface area (Å²) < 4.78 is 19.6. The van der Waals surface area contributed by atoms with E-state index in [0.717, 1.165) is 74.2 Å². The second kappa shape index (κ2) is 12.5. The molecule has 0 aliphatic carbocycles. The van der Waals surface area contributed by atoms with Crippen molar-refractivity contribution < 1.29 is 13.9 Å². The maximum Gasteiger partial charge on any atom is 0.254 e. The van der Waals surface area contributed by atoms with Crippen LogP contribution in [0.25, 0.3) is 11.1 Å². The molecule has 9 heteroatoms. The minimum Gasteiger partial charge on any atom is -0.438 e. The average Bonchev–Trinajstić information content (AvgIpc) is 2.90. The first-order chi connectivity index (χ1) is 18.8. The molecule has 3 N–H and O–H groups in total. The van der Waals surface area contributed by atoms with Crippen LogP contribution < -0.4 is 15.8 Å². The molecular formula is C30H36FN5O2S. The maximum atomic E-state index is 13.7. The van der Waals surface area contributed by atoms with Gasteiger partial charge in [-0.15, -0.1) is 0 Å². The Morgan fingerprint density at radius 1 is 1.08 bits per heavy atom. The topological polar surface area (TPSA) is 83.7 Å². The highest BCUT2D eigenvalue weighted by Crippen LogP contribution is 2.32. The van der Waals surface area contributed by atoms with E-state index < -0.39 is 11.7 Å². The third-order valence-electron chi connectivity index (χ3n) is 7.15. The largest absolute Gasteiger partial charge is 0.438 e. The molecule has 2 aliphatic heterocycles. The number of amides is 1. The van der Waals surface area contributed by atoms with Crippen LogP contribution in [0.5, 0.6) is 11.6 Å². The van der Waals surface area contributed by atoms with Crippen molar-refractivity contribution in [3.8, 4) is 22.8 Å². The quantitative estimate of drug-likeness (QED) is 0.428. The summed E-state index contributed by atoms with van der Waals surface area (Å²) >= 11 is 2.01. The highest BCUT2D eigenvalue weighted by Gasteiger charge is 2.22. The van der Waals surface area contributed by atoms with Crippen LogP contribution in [0.3, 0.4) is 0 Å². The third kappa shape index (κ3) is 7.16. The van der Waals surface area contributed by atoms with Gasteiger partial charge in [0.1, 0.15) is 17.1 Å². The van der Waals surface area contributed by atoms with E-state index in [1.54, 1.807) is 6.07 Å². The standard InChI is InChI=1S/C30H36FN5O2S/c1-20-16-36(17-21(2)34-20)18-22-6-7-27(24(12-22)19-35-8-10-39-11-9-35)23-4-3-5-26(13-23)38-30-28(29(32)37)14-25(31)15-33-30/h3-7,12-15,20-21,34H,8-11,16-19H2,1-2H3,(H2,32,37)/t20-,21+. The SMILES string of the molecule is C[C@@H]1CN(Cc2ccc(-c3cccc(Oc4ncc(F)cc4C(N)=O)c3)c(CN3CCSCC3)c2)C[C@H](C)N1. The molecule has 0 bridgehead atoms. The van der Waals surface area contributed by atoms with Gasteiger partial charge in [-0.05, 0) is 54.3 Å². The zero-order valence-electron chi connectivity index (χ0n) is 22.5. The summed E-state index contributed by atoms with van der Waals surface area (Å²) in [7, 11) is 0. The van der Waals surface area contributed by atoms with Crippen LogP contribution in [0.15, 0.2) is 54.7 Å². The van der Waals surface area contributed by atoms with Gasteiger partial charge in [-0.2, -0.15) is 11.8 Å². The molecule has 0 spiro atoms. The van der Waals surface area contributed by atoms with E-state index in [0.29, 0.717) is 17.8 Å². The molecule has 2 atom stereocenters. The molecular weight excluding hydrogens is 513 g/mol. The predicted octanol–water partition coefficient (Wildman–Crippen LogP) is 4.51. The number of nitrogens with one attached hydrogen (secondary N) is 1. The van der Waals surface area contributed by atoms with Gasteiger partial charge in [0, 0.05) is 62.9 Å². The molecule has 0 radical (unpaired) electrons. The van der Waals surface area contributed by atoms with Gasteiger partial charge in [-0.3, -0.25) is 14.6 Å². The molecule has 1 aromatic heterocycles. The molecule has 1 amide bonds. The second-order valence-electron chi connectivity index (χ2n) is 10.5. The van der Waals surface area contributed by atoms with Crippen molar-refractivity contribution in [2.24, 2.45) is 5.73 Å². The number of primary amides is 1.